The van der Waals surface area contributed by atoms with Crippen LogP contribution < -0.4 is 0 Å². The van der Waals surface area contributed by atoms with Gasteiger partial charge in [0.15, 0.2) is 0 Å². The third-order valence-corrected chi connectivity index (χ3v) is 6.26. The Balaban J connectivity index is 1.96. The highest BCUT2D eigenvalue weighted by atomic mass is 31.2. The van der Waals surface area contributed by atoms with Crippen molar-refractivity contribution in [2.24, 2.45) is 11.8 Å². The third-order valence-electron chi connectivity index (χ3n) is 4.58. The summed E-state index contributed by atoms with van der Waals surface area (Å²) in [4.78, 5) is 0. The van der Waals surface area contributed by atoms with Crippen LogP contribution in [-0.2, 0) is 27.6 Å². The summed E-state index contributed by atoms with van der Waals surface area (Å²) in [5.74, 6) is -0.0758. The predicted octanol–water partition coefficient (Wildman–Crippen LogP) is 2.78. The van der Waals surface area contributed by atoms with Gasteiger partial charge in [-0.1, -0.05) is 12.2 Å². The van der Waals surface area contributed by atoms with E-state index in [4.69, 9.17) is 23.0 Å². The fourth-order valence-corrected chi connectivity index (χ4v) is 5.09. The molecule has 2 aliphatic heterocycles. The number of nitrogens with zero attached hydrogens (tertiary/aromatic N) is 1. The molecule has 8 heteroatoms. The minimum absolute atomic E-state index is 0.0569. The molecule has 0 aromatic carbocycles. The van der Waals surface area contributed by atoms with Crippen LogP contribution in [0.2, 0.25) is 0 Å². The van der Waals surface area contributed by atoms with Crippen molar-refractivity contribution in [1.29, 1.82) is 5.26 Å². The second kappa shape index (κ2) is 6.64. The molecule has 0 N–H and O–H groups in total. The quantitative estimate of drug-likeness (QED) is 0.541. The summed E-state index contributed by atoms with van der Waals surface area (Å²) >= 11 is 0. The van der Waals surface area contributed by atoms with Crippen LogP contribution in [-0.4, -0.2) is 37.8 Å². The summed E-state index contributed by atoms with van der Waals surface area (Å²) in [6.45, 7) is 4.11. The molecule has 0 saturated carbocycles. The van der Waals surface area contributed by atoms with Gasteiger partial charge in [0, 0.05) is 5.92 Å². The second-order valence-electron chi connectivity index (χ2n) is 5.83. The van der Waals surface area contributed by atoms with Crippen LogP contribution in [0.3, 0.4) is 0 Å². The molecule has 7 nitrogen and oxygen atoms in total. The lowest BCUT2D eigenvalue weighted by atomic mass is 9.69. The molecule has 5 atom stereocenters. The zero-order valence-electron chi connectivity index (χ0n) is 13.3. The topological polar surface area (TPSA) is 87.0 Å². The molecule has 0 spiro atoms. The molecule has 2 bridgehead atoms. The molecule has 0 radical (unpaired) electrons. The number of phosphoric ester groups is 1. The maximum absolute atomic E-state index is 12.8. The predicted molar refractivity (Wildman–Crippen MR) is 80.3 cm³/mol. The molecule has 1 aliphatic carbocycles. The summed E-state index contributed by atoms with van der Waals surface area (Å²) < 4.78 is 40.5. The summed E-state index contributed by atoms with van der Waals surface area (Å²) in [5.41, 5.74) is -1.50. The Morgan fingerprint density at radius 1 is 1.30 bits per heavy atom. The summed E-state index contributed by atoms with van der Waals surface area (Å²) in [5, 5.41) is 9.91. The lowest BCUT2D eigenvalue weighted by Gasteiger charge is -2.47. The minimum Gasteiger partial charge on any atom is -0.346 e. The van der Waals surface area contributed by atoms with Gasteiger partial charge in [0.05, 0.1) is 25.9 Å². The number of allylic oxidation sites excluding steroid dienone is 2. The van der Waals surface area contributed by atoms with E-state index in [9.17, 15) is 9.83 Å². The summed E-state index contributed by atoms with van der Waals surface area (Å²) in [7, 11) is -3.87. The molecule has 3 rings (SSSR count). The van der Waals surface area contributed by atoms with E-state index in [1.807, 2.05) is 6.08 Å². The largest absolute Gasteiger partial charge is 0.476 e. The van der Waals surface area contributed by atoms with Crippen LogP contribution in [0.1, 0.15) is 26.7 Å². The Morgan fingerprint density at radius 2 is 2.00 bits per heavy atom. The lowest BCUT2D eigenvalue weighted by molar-refractivity contribution is -0.223. The van der Waals surface area contributed by atoms with Crippen molar-refractivity contribution in [3.63, 3.8) is 0 Å². The number of nitriles is 1. The van der Waals surface area contributed by atoms with E-state index < -0.39 is 19.7 Å². The smallest absolute Gasteiger partial charge is 0.346 e. The maximum Gasteiger partial charge on any atom is 0.476 e. The fourth-order valence-electron chi connectivity index (χ4n) is 3.64. The van der Waals surface area contributed by atoms with Gasteiger partial charge < -0.3 is 9.47 Å². The van der Waals surface area contributed by atoms with Crippen LogP contribution in [0.4, 0.5) is 0 Å². The molecule has 3 aliphatic rings. The number of fused-ring (bicyclic) bond motifs is 4. The highest BCUT2D eigenvalue weighted by Gasteiger charge is 2.64. The van der Waals surface area contributed by atoms with E-state index in [1.54, 1.807) is 13.8 Å². The van der Waals surface area contributed by atoms with Crippen LogP contribution in [0, 0.1) is 23.2 Å². The number of hydrogen-bond acceptors (Lipinski definition) is 7. The fraction of sp³-hybridized carbons (Fsp3) is 0.800. The summed E-state index contributed by atoms with van der Waals surface area (Å²) in [6.07, 6.45) is 4.60. The van der Waals surface area contributed by atoms with E-state index in [2.05, 4.69) is 12.1 Å². The van der Waals surface area contributed by atoms with Gasteiger partial charge in [0.2, 0.25) is 11.9 Å². The molecular weight excluding hydrogens is 321 g/mol. The number of rotatable bonds is 6. The molecule has 128 valence electrons. The van der Waals surface area contributed by atoms with Crippen molar-refractivity contribution in [3.8, 4) is 6.07 Å². The number of phosphoric acid groups is 1. The highest BCUT2D eigenvalue weighted by molar-refractivity contribution is 7.48. The van der Waals surface area contributed by atoms with E-state index in [0.717, 1.165) is 6.42 Å². The van der Waals surface area contributed by atoms with Crippen molar-refractivity contribution < 1.29 is 27.6 Å². The second-order valence-corrected chi connectivity index (χ2v) is 7.43. The lowest BCUT2D eigenvalue weighted by Crippen LogP contribution is -2.58. The zero-order valence-corrected chi connectivity index (χ0v) is 14.2. The Hall–Kier alpha value is -0.740. The first kappa shape index (κ1) is 17.1. The standard InChI is InChI=1S/C15H22NO6P/c1-3-19-23(17,20-4-2)22-15(10-16)12-8-6-5-7-11(12)13-9-18-14(15)21-13/h5-6,11-14H,3-4,7-9H2,1-2H3/t11-,12+,13+,14+,15+/m0/s1. The molecular formula is C15H22NO6P. The van der Waals surface area contributed by atoms with Crippen LogP contribution in [0.5, 0.6) is 0 Å². The molecule has 0 aromatic heterocycles. The average Bonchev–Trinajstić information content (AvgIpc) is 2.99. The van der Waals surface area contributed by atoms with Crippen molar-refractivity contribution in [2.45, 2.75) is 44.7 Å². The average molecular weight is 343 g/mol. The molecule has 2 fully saturated rings. The first-order valence-electron chi connectivity index (χ1n) is 8.01. The van der Waals surface area contributed by atoms with Crippen LogP contribution in [0.25, 0.3) is 0 Å². The normalized spacial score (nSPS) is 39.0. The van der Waals surface area contributed by atoms with Crippen LogP contribution in [0.15, 0.2) is 12.2 Å². The zero-order chi connectivity index (χ0) is 16.5. The minimum atomic E-state index is -3.87. The highest BCUT2D eigenvalue weighted by Crippen LogP contribution is 2.59. The van der Waals surface area contributed by atoms with E-state index in [0.29, 0.717) is 13.0 Å². The van der Waals surface area contributed by atoms with Gasteiger partial charge in [0.1, 0.15) is 6.07 Å². The van der Waals surface area contributed by atoms with Crippen LogP contribution >= 0.6 is 7.82 Å². The van der Waals surface area contributed by atoms with Gasteiger partial charge in [-0.25, -0.2) is 4.57 Å². The van der Waals surface area contributed by atoms with E-state index in [-0.39, 0.29) is 31.2 Å². The van der Waals surface area contributed by atoms with Gasteiger partial charge in [-0.3, -0.25) is 13.6 Å². The van der Waals surface area contributed by atoms with Crippen molar-refractivity contribution in [3.05, 3.63) is 12.2 Å². The maximum atomic E-state index is 12.8. The molecule has 0 aromatic rings. The van der Waals surface area contributed by atoms with Gasteiger partial charge >= 0.3 is 7.82 Å². The third kappa shape index (κ3) is 2.89. The van der Waals surface area contributed by atoms with Crippen molar-refractivity contribution >= 4 is 7.82 Å². The Bertz CT molecular complexity index is 551. The molecule has 2 saturated heterocycles. The van der Waals surface area contributed by atoms with Crippen molar-refractivity contribution in [2.75, 3.05) is 19.8 Å². The number of ether oxygens (including phenoxy) is 2. The summed E-state index contributed by atoms with van der Waals surface area (Å²) in [6, 6.07) is 2.18. The van der Waals surface area contributed by atoms with Gasteiger partial charge in [-0.2, -0.15) is 5.26 Å². The molecule has 0 amide bonds. The van der Waals surface area contributed by atoms with E-state index >= 15 is 0 Å². The molecule has 2 heterocycles. The van der Waals surface area contributed by atoms with E-state index in [1.165, 1.54) is 0 Å². The van der Waals surface area contributed by atoms with Gasteiger partial charge in [-0.15, -0.1) is 0 Å². The first-order chi connectivity index (χ1) is 11.1. The molecule has 0 unspecified atom stereocenters. The Kier molecular flexibility index (Phi) is 4.93. The van der Waals surface area contributed by atoms with Gasteiger partial charge in [-0.05, 0) is 32.6 Å². The number of hydrogen-bond donors (Lipinski definition) is 0. The molecule has 23 heavy (non-hydrogen) atoms. The Morgan fingerprint density at radius 3 is 2.65 bits per heavy atom. The monoisotopic (exact) mass is 343 g/mol. The SMILES string of the molecule is CCOP(=O)(OCC)O[C@@]1(C#N)[C@@H]2OC[C@@H](O2)[C@H]2CC=CC[C@H]21. The Labute approximate surface area is 136 Å². The van der Waals surface area contributed by atoms with Crippen molar-refractivity contribution in [1.82, 2.24) is 0 Å². The van der Waals surface area contributed by atoms with Gasteiger partial charge in [0.25, 0.3) is 0 Å². The first-order valence-corrected chi connectivity index (χ1v) is 9.47.